The molecule has 0 radical (unpaired) electrons. The number of carbonyl (C=O) groups is 3. The Morgan fingerprint density at radius 1 is 1.29 bits per heavy atom. The molecule has 0 aromatic carbocycles. The highest BCUT2D eigenvalue weighted by Gasteiger charge is 2.05. The van der Waals surface area contributed by atoms with E-state index >= 15 is 0 Å². The van der Waals surface area contributed by atoms with Crippen molar-refractivity contribution in [2.24, 2.45) is 0 Å². The highest BCUT2D eigenvalue weighted by Crippen LogP contribution is 1.76. The summed E-state index contributed by atoms with van der Waals surface area (Å²) < 4.78 is 8.71. The first-order valence-corrected chi connectivity index (χ1v) is 3.69. The third kappa shape index (κ3) is 7.04. The number of ether oxygens (including phenoxy) is 2. The molecule has 14 heavy (non-hydrogen) atoms. The summed E-state index contributed by atoms with van der Waals surface area (Å²) in [5.41, 5.74) is 0. The van der Waals surface area contributed by atoms with Crippen LogP contribution in [0.1, 0.15) is 0 Å². The summed E-state index contributed by atoms with van der Waals surface area (Å²) >= 11 is 0. The van der Waals surface area contributed by atoms with E-state index in [1.54, 1.807) is 0 Å². The Labute approximate surface area is 80.0 Å². The number of carboxylic acid groups (broad SMARTS) is 1. The number of carbonyl (C=O) groups excluding carboxylic acids is 2. The molecule has 0 bridgehead atoms. The number of methoxy groups -OCH3 is 1. The lowest BCUT2D eigenvalue weighted by Crippen LogP contribution is -2.33. The molecule has 0 unspecified atom stereocenters. The molecule has 0 rings (SSSR count). The predicted molar refractivity (Wildman–Crippen MR) is 43.5 cm³/mol. The number of esters is 1. The zero-order valence-electron chi connectivity index (χ0n) is 7.61. The van der Waals surface area contributed by atoms with E-state index in [0.29, 0.717) is 0 Å². The monoisotopic (exact) mass is 205 g/mol. The van der Waals surface area contributed by atoms with Crippen LogP contribution in [-0.4, -0.2) is 49.8 Å². The smallest absolute Gasteiger partial charge is 0.329 e. The van der Waals surface area contributed by atoms with Crippen LogP contribution in [-0.2, 0) is 23.9 Å². The Morgan fingerprint density at radius 3 is 2.43 bits per heavy atom. The summed E-state index contributed by atoms with van der Waals surface area (Å²) in [5, 5.41) is 10.3. The molecule has 0 aromatic heterocycles. The molecule has 0 fully saturated rings. The van der Waals surface area contributed by atoms with Crippen LogP contribution in [0.3, 0.4) is 0 Å². The molecule has 0 aliphatic rings. The van der Waals surface area contributed by atoms with Gasteiger partial charge in [0.15, 0.2) is 0 Å². The van der Waals surface area contributed by atoms with Gasteiger partial charge in [0, 0.05) is 0 Å². The molecular weight excluding hydrogens is 194 g/mol. The molecule has 80 valence electrons. The van der Waals surface area contributed by atoms with Gasteiger partial charge in [0.25, 0.3) is 0 Å². The molecule has 0 aliphatic heterocycles. The summed E-state index contributed by atoms with van der Waals surface area (Å²) in [6, 6.07) is 0. The average molecular weight is 205 g/mol. The number of carboxylic acids is 1. The van der Waals surface area contributed by atoms with Gasteiger partial charge in [0.2, 0.25) is 5.91 Å². The minimum Gasteiger partial charge on any atom is -0.480 e. The zero-order chi connectivity index (χ0) is 11.0. The SMILES string of the molecule is COC(=O)CNC(=O)COCC(=O)O. The molecule has 0 saturated carbocycles. The standard InChI is InChI=1S/C7H11NO6/c1-13-7(12)2-8-5(9)3-14-4-6(10)11/h2-4H2,1H3,(H,8,9)(H,10,11). The van der Waals surface area contributed by atoms with Crippen molar-refractivity contribution in [3.63, 3.8) is 0 Å². The van der Waals surface area contributed by atoms with Gasteiger partial charge in [-0.25, -0.2) is 4.79 Å². The second-order valence-corrected chi connectivity index (χ2v) is 2.24. The van der Waals surface area contributed by atoms with E-state index in [1.165, 1.54) is 7.11 Å². The molecule has 0 saturated heterocycles. The first-order chi connectivity index (χ1) is 6.56. The normalized spacial score (nSPS) is 9.21. The lowest BCUT2D eigenvalue weighted by atomic mass is 10.5. The zero-order valence-corrected chi connectivity index (χ0v) is 7.61. The van der Waals surface area contributed by atoms with Gasteiger partial charge < -0.3 is 19.9 Å². The van der Waals surface area contributed by atoms with Crippen molar-refractivity contribution in [1.29, 1.82) is 0 Å². The molecule has 7 heteroatoms. The molecule has 2 N–H and O–H groups in total. The van der Waals surface area contributed by atoms with Crippen molar-refractivity contribution < 1.29 is 29.0 Å². The van der Waals surface area contributed by atoms with Crippen molar-refractivity contribution in [3.05, 3.63) is 0 Å². The van der Waals surface area contributed by atoms with Crippen molar-refractivity contribution in [2.75, 3.05) is 26.9 Å². The van der Waals surface area contributed by atoms with Gasteiger partial charge in [-0.3, -0.25) is 9.59 Å². The number of nitrogens with one attached hydrogen (secondary N) is 1. The van der Waals surface area contributed by atoms with Crippen LogP contribution >= 0.6 is 0 Å². The Hall–Kier alpha value is -1.63. The van der Waals surface area contributed by atoms with Crippen LogP contribution in [0.5, 0.6) is 0 Å². The van der Waals surface area contributed by atoms with Crippen molar-refractivity contribution in [3.8, 4) is 0 Å². The Kier molecular flexibility index (Phi) is 6.04. The van der Waals surface area contributed by atoms with Crippen LogP contribution in [0.4, 0.5) is 0 Å². The fourth-order valence-corrected chi connectivity index (χ4v) is 0.525. The number of amides is 1. The van der Waals surface area contributed by atoms with Crippen molar-refractivity contribution in [2.45, 2.75) is 0 Å². The summed E-state index contributed by atoms with van der Waals surface area (Å²) in [7, 11) is 1.19. The summed E-state index contributed by atoms with van der Waals surface area (Å²) in [6.45, 7) is -1.21. The van der Waals surface area contributed by atoms with Gasteiger partial charge in [-0.2, -0.15) is 0 Å². The molecule has 0 aromatic rings. The fourth-order valence-electron chi connectivity index (χ4n) is 0.525. The predicted octanol–water partition coefficient (Wildman–Crippen LogP) is -1.62. The fraction of sp³-hybridized carbons (Fsp3) is 0.571. The maximum atomic E-state index is 10.8. The summed E-state index contributed by atoms with van der Waals surface area (Å²) in [4.78, 5) is 31.3. The third-order valence-electron chi connectivity index (χ3n) is 1.12. The summed E-state index contributed by atoms with van der Waals surface area (Å²) in [6.07, 6.45) is 0. The Bertz CT molecular complexity index is 226. The number of hydrogen-bond acceptors (Lipinski definition) is 5. The second-order valence-electron chi connectivity index (χ2n) is 2.24. The minimum absolute atomic E-state index is 0.258. The van der Waals surface area contributed by atoms with Crippen LogP contribution < -0.4 is 5.32 Å². The van der Waals surface area contributed by atoms with Gasteiger partial charge in [0.05, 0.1) is 7.11 Å². The van der Waals surface area contributed by atoms with Gasteiger partial charge in [-0.1, -0.05) is 0 Å². The molecule has 1 amide bonds. The molecule has 7 nitrogen and oxygen atoms in total. The van der Waals surface area contributed by atoms with E-state index in [2.05, 4.69) is 14.8 Å². The maximum Gasteiger partial charge on any atom is 0.329 e. The number of rotatable bonds is 6. The van der Waals surface area contributed by atoms with E-state index in [0.717, 1.165) is 0 Å². The van der Waals surface area contributed by atoms with Crippen LogP contribution in [0.15, 0.2) is 0 Å². The number of aliphatic carboxylic acids is 1. The lowest BCUT2D eigenvalue weighted by molar-refractivity contribution is -0.145. The van der Waals surface area contributed by atoms with Crippen molar-refractivity contribution in [1.82, 2.24) is 5.32 Å². The molecule has 0 spiro atoms. The van der Waals surface area contributed by atoms with E-state index in [-0.39, 0.29) is 6.54 Å². The summed E-state index contributed by atoms with van der Waals surface area (Å²) in [5.74, 6) is -2.32. The quantitative estimate of drug-likeness (QED) is 0.505. The maximum absolute atomic E-state index is 10.8. The first-order valence-electron chi connectivity index (χ1n) is 3.69. The van der Waals surface area contributed by atoms with Gasteiger partial charge in [0.1, 0.15) is 19.8 Å². The van der Waals surface area contributed by atoms with E-state index in [4.69, 9.17) is 5.11 Å². The van der Waals surface area contributed by atoms with E-state index in [1.807, 2.05) is 0 Å². The highest BCUT2D eigenvalue weighted by atomic mass is 16.5. The molecule has 0 atom stereocenters. The topological polar surface area (TPSA) is 102 Å². The first kappa shape index (κ1) is 12.4. The third-order valence-corrected chi connectivity index (χ3v) is 1.12. The largest absolute Gasteiger partial charge is 0.480 e. The average Bonchev–Trinajstić information content (AvgIpc) is 2.13. The van der Waals surface area contributed by atoms with Gasteiger partial charge >= 0.3 is 11.9 Å². The Morgan fingerprint density at radius 2 is 1.93 bits per heavy atom. The molecule has 0 aliphatic carbocycles. The Balaban J connectivity index is 3.46. The van der Waals surface area contributed by atoms with Gasteiger partial charge in [-0.05, 0) is 0 Å². The highest BCUT2D eigenvalue weighted by molar-refractivity contribution is 5.82. The van der Waals surface area contributed by atoms with Crippen LogP contribution in [0, 0.1) is 0 Å². The molecule has 0 heterocycles. The lowest BCUT2D eigenvalue weighted by Gasteiger charge is -2.03. The number of hydrogen-bond donors (Lipinski definition) is 2. The minimum atomic E-state index is -1.16. The van der Waals surface area contributed by atoms with E-state index < -0.39 is 31.1 Å². The van der Waals surface area contributed by atoms with E-state index in [9.17, 15) is 14.4 Å². The van der Waals surface area contributed by atoms with Crippen LogP contribution in [0.25, 0.3) is 0 Å². The van der Waals surface area contributed by atoms with Crippen LogP contribution in [0.2, 0.25) is 0 Å². The molecular formula is C7H11NO6. The van der Waals surface area contributed by atoms with Gasteiger partial charge in [-0.15, -0.1) is 0 Å². The second kappa shape index (κ2) is 6.84. The van der Waals surface area contributed by atoms with Crippen molar-refractivity contribution >= 4 is 17.8 Å².